The first-order valence-electron chi connectivity index (χ1n) is 16.1. The molecule has 4 aromatic carbocycles. The van der Waals surface area contributed by atoms with Crippen LogP contribution >= 0.6 is 11.3 Å². The van der Waals surface area contributed by atoms with Gasteiger partial charge in [0.15, 0.2) is 5.76 Å². The van der Waals surface area contributed by atoms with Gasteiger partial charge >= 0.3 is 0 Å². The Balaban J connectivity index is 1.46. The molecule has 0 fully saturated rings. The van der Waals surface area contributed by atoms with Crippen molar-refractivity contribution in [3.05, 3.63) is 93.9 Å². The van der Waals surface area contributed by atoms with Gasteiger partial charge in [-0.2, -0.15) is 0 Å². The highest BCUT2D eigenvalue weighted by Gasteiger charge is 2.42. The molecule has 6 aromatic rings. The SMILES string of the molecule is CC#CC1=c2cc3cc4c(cc3cc2-c2c1sc1ccccc21)=C(C#C[Si](C(C)C)(C(C)C)C(C)C)c1oc2ccccc2c1-4. The highest BCUT2D eigenvalue weighted by molar-refractivity contribution is 7.21. The minimum Gasteiger partial charge on any atom is -0.455 e. The van der Waals surface area contributed by atoms with E-state index in [2.05, 4.69) is 138 Å². The molecule has 0 aliphatic heterocycles. The van der Waals surface area contributed by atoms with E-state index in [1.807, 2.05) is 18.3 Å². The predicted molar refractivity (Wildman–Crippen MR) is 197 cm³/mol. The topological polar surface area (TPSA) is 13.1 Å². The van der Waals surface area contributed by atoms with Crippen LogP contribution < -0.4 is 10.4 Å². The van der Waals surface area contributed by atoms with Gasteiger partial charge < -0.3 is 4.42 Å². The number of fused-ring (bicyclic) bond motifs is 11. The zero-order valence-corrected chi connectivity index (χ0v) is 28.8. The summed E-state index contributed by atoms with van der Waals surface area (Å²) in [5.74, 6) is 11.4. The minimum atomic E-state index is -1.96. The van der Waals surface area contributed by atoms with Crippen LogP contribution in [0.5, 0.6) is 0 Å². The van der Waals surface area contributed by atoms with Crippen molar-refractivity contribution < 1.29 is 4.42 Å². The molecule has 2 heterocycles. The molecular weight excluding hydrogens is 581 g/mol. The zero-order valence-electron chi connectivity index (χ0n) is 27.0. The third-order valence-electron chi connectivity index (χ3n) is 10.4. The van der Waals surface area contributed by atoms with E-state index in [9.17, 15) is 0 Å². The first-order chi connectivity index (χ1) is 21.7. The zero-order chi connectivity index (χ0) is 31.2. The van der Waals surface area contributed by atoms with Crippen molar-refractivity contribution in [1.29, 1.82) is 0 Å². The van der Waals surface area contributed by atoms with Crippen molar-refractivity contribution in [2.75, 3.05) is 0 Å². The summed E-state index contributed by atoms with van der Waals surface area (Å²) in [5, 5.41) is 7.36. The molecule has 0 atom stereocenters. The summed E-state index contributed by atoms with van der Waals surface area (Å²) in [6.45, 7) is 16.2. The number of thiophene rings is 1. The second kappa shape index (κ2) is 10.1. The molecular formula is C42H36OSSi. The van der Waals surface area contributed by atoms with E-state index < -0.39 is 8.07 Å². The van der Waals surface area contributed by atoms with Crippen LogP contribution in [0.15, 0.2) is 77.2 Å². The van der Waals surface area contributed by atoms with Crippen molar-refractivity contribution in [3.8, 4) is 45.6 Å². The monoisotopic (exact) mass is 616 g/mol. The van der Waals surface area contributed by atoms with Crippen LogP contribution in [0.4, 0.5) is 0 Å². The lowest BCUT2D eigenvalue weighted by molar-refractivity contribution is 0.603. The highest BCUT2D eigenvalue weighted by Crippen LogP contribution is 2.46. The van der Waals surface area contributed by atoms with Gasteiger partial charge in [0, 0.05) is 37.0 Å². The number of rotatable bonds is 3. The summed E-state index contributed by atoms with van der Waals surface area (Å²) < 4.78 is 7.96. The molecule has 220 valence electrons. The van der Waals surface area contributed by atoms with Crippen molar-refractivity contribution in [2.45, 2.75) is 65.1 Å². The quantitative estimate of drug-likeness (QED) is 0.142. The molecule has 0 saturated heterocycles. The standard InChI is InChI=1S/C42H36OSSi/c1-8-13-30-34-21-28-22-35-33(20-27(28)23-36(34)40-32-15-10-12-17-38(32)44-42(30)40)29(18-19-45(24(2)3,25(4)5)26(6)7)41-39(35)31-14-9-11-16-37(31)43-41/h9-12,14-17,20-26H,1-7H3. The van der Waals surface area contributed by atoms with E-state index in [1.165, 1.54) is 58.4 Å². The Bertz CT molecular complexity index is 2470. The van der Waals surface area contributed by atoms with Crippen LogP contribution in [-0.2, 0) is 0 Å². The average molecular weight is 617 g/mol. The van der Waals surface area contributed by atoms with Gasteiger partial charge in [-0.1, -0.05) is 89.8 Å². The second-order valence-electron chi connectivity index (χ2n) is 13.5. The Labute approximate surface area is 270 Å². The molecule has 45 heavy (non-hydrogen) atoms. The molecule has 2 aliphatic carbocycles. The lowest BCUT2D eigenvalue weighted by atomic mass is 9.97. The maximum atomic E-state index is 6.65. The van der Waals surface area contributed by atoms with Gasteiger partial charge in [-0.05, 0) is 81.8 Å². The van der Waals surface area contributed by atoms with Crippen LogP contribution in [0.1, 0.15) is 59.1 Å². The largest absolute Gasteiger partial charge is 0.455 e. The average Bonchev–Trinajstić information content (AvgIpc) is 3.73. The Morgan fingerprint density at radius 2 is 1.27 bits per heavy atom. The molecule has 2 aromatic heterocycles. The van der Waals surface area contributed by atoms with Gasteiger partial charge in [-0.3, -0.25) is 0 Å². The molecule has 8 rings (SSSR count). The fourth-order valence-corrected chi connectivity index (χ4v) is 14.8. The highest BCUT2D eigenvalue weighted by atomic mass is 32.1. The first-order valence-corrected chi connectivity index (χ1v) is 19.2. The summed E-state index contributed by atoms with van der Waals surface area (Å²) in [6, 6.07) is 26.7. The van der Waals surface area contributed by atoms with Crippen LogP contribution in [0.3, 0.4) is 0 Å². The van der Waals surface area contributed by atoms with E-state index >= 15 is 0 Å². The van der Waals surface area contributed by atoms with Gasteiger partial charge in [0.2, 0.25) is 0 Å². The maximum absolute atomic E-state index is 6.65. The minimum absolute atomic E-state index is 0.562. The summed E-state index contributed by atoms with van der Waals surface area (Å²) >= 11 is 1.86. The van der Waals surface area contributed by atoms with E-state index in [1.54, 1.807) is 0 Å². The molecule has 2 aliphatic rings. The number of hydrogen-bond donors (Lipinski definition) is 0. The molecule has 0 spiro atoms. The van der Waals surface area contributed by atoms with E-state index in [4.69, 9.17) is 4.42 Å². The van der Waals surface area contributed by atoms with Crippen LogP contribution in [0, 0.1) is 23.3 Å². The molecule has 0 saturated carbocycles. The lowest BCUT2D eigenvalue weighted by Gasteiger charge is -2.38. The fraction of sp³-hybridized carbons (Fsp3) is 0.238. The number of benzene rings is 4. The fourth-order valence-electron chi connectivity index (χ4n) is 8.38. The molecule has 1 nitrogen and oxygen atoms in total. The van der Waals surface area contributed by atoms with Gasteiger partial charge in [0.05, 0.1) is 16.0 Å². The predicted octanol–water partition coefficient (Wildman–Crippen LogP) is 10.4. The van der Waals surface area contributed by atoms with Crippen molar-refractivity contribution in [3.63, 3.8) is 0 Å². The van der Waals surface area contributed by atoms with Gasteiger partial charge in [-0.15, -0.1) is 22.8 Å². The summed E-state index contributed by atoms with van der Waals surface area (Å²) in [4.78, 5) is 1.29. The van der Waals surface area contributed by atoms with Crippen LogP contribution in [-0.4, -0.2) is 8.07 Å². The number of para-hydroxylation sites is 1. The van der Waals surface area contributed by atoms with Gasteiger partial charge in [0.25, 0.3) is 0 Å². The van der Waals surface area contributed by atoms with E-state index in [0.717, 1.165) is 27.9 Å². The molecule has 0 radical (unpaired) electrons. The Hall–Kier alpha value is -4.28. The summed E-state index contributed by atoms with van der Waals surface area (Å²) in [5.41, 5.74) is 13.8. The molecule has 3 heteroatoms. The van der Waals surface area contributed by atoms with E-state index in [-0.39, 0.29) is 0 Å². The molecule has 0 bridgehead atoms. The third-order valence-corrected chi connectivity index (χ3v) is 17.8. The lowest BCUT2D eigenvalue weighted by Crippen LogP contribution is -2.43. The molecule has 0 unspecified atom stereocenters. The van der Waals surface area contributed by atoms with Crippen LogP contribution in [0.2, 0.25) is 16.6 Å². The van der Waals surface area contributed by atoms with Gasteiger partial charge in [-0.25, -0.2) is 0 Å². The normalized spacial score (nSPS) is 13.4. The van der Waals surface area contributed by atoms with E-state index in [0.29, 0.717) is 16.6 Å². The smallest absolute Gasteiger partial charge is 0.152 e. The first kappa shape index (κ1) is 28.2. The Morgan fingerprint density at radius 1 is 0.667 bits per heavy atom. The molecule has 0 N–H and O–H groups in total. The maximum Gasteiger partial charge on any atom is 0.152 e. The van der Waals surface area contributed by atoms with Crippen LogP contribution in [0.25, 0.3) is 65.2 Å². The summed E-state index contributed by atoms with van der Waals surface area (Å²) in [6.07, 6.45) is 0. The number of furan rings is 1. The molecule has 0 amide bonds. The van der Waals surface area contributed by atoms with Gasteiger partial charge in [0.1, 0.15) is 13.7 Å². The Morgan fingerprint density at radius 3 is 1.93 bits per heavy atom. The number of hydrogen-bond acceptors (Lipinski definition) is 2. The third kappa shape index (κ3) is 3.88. The van der Waals surface area contributed by atoms with Crippen molar-refractivity contribution in [1.82, 2.24) is 0 Å². The van der Waals surface area contributed by atoms with Crippen molar-refractivity contribution in [2.24, 2.45) is 0 Å². The summed E-state index contributed by atoms with van der Waals surface area (Å²) in [7, 11) is -1.96. The Kier molecular flexibility index (Phi) is 6.34. The van der Waals surface area contributed by atoms with Crippen molar-refractivity contribution >= 4 is 62.4 Å². The second-order valence-corrected chi connectivity index (χ2v) is 20.2.